The minimum Gasteiger partial charge on any atom is -0.332 e. The Bertz CT molecular complexity index is 246. The van der Waals surface area contributed by atoms with Crippen LogP contribution < -0.4 is 10.6 Å². The molecule has 4 heteroatoms. The maximum absolute atomic E-state index is 11.8. The highest BCUT2D eigenvalue weighted by atomic mass is 16.2. The fourth-order valence-corrected chi connectivity index (χ4v) is 2.48. The molecule has 2 rings (SSSR count). The zero-order valence-electron chi connectivity index (χ0n) is 9.13. The molecule has 0 spiro atoms. The summed E-state index contributed by atoms with van der Waals surface area (Å²) in [5.41, 5.74) is -0.0686. The molecule has 14 heavy (non-hydrogen) atoms. The smallest absolute Gasteiger partial charge is 0.318 e. The fraction of sp³-hybridized carbons (Fsp3) is 0.900. The summed E-state index contributed by atoms with van der Waals surface area (Å²) in [5, 5.41) is 6.34. The molecule has 2 unspecified atom stereocenters. The van der Waals surface area contributed by atoms with Gasteiger partial charge in [0.15, 0.2) is 0 Å². The quantitative estimate of drug-likeness (QED) is 0.595. The second kappa shape index (κ2) is 3.12. The highest BCUT2D eigenvalue weighted by molar-refractivity contribution is 5.78. The van der Waals surface area contributed by atoms with Gasteiger partial charge in [-0.05, 0) is 33.7 Å². The maximum Gasteiger partial charge on any atom is 0.318 e. The predicted molar refractivity (Wildman–Crippen MR) is 55.2 cm³/mol. The lowest BCUT2D eigenvalue weighted by atomic mass is 9.97. The standard InChI is InChI=1S/C10H19N3O/c1-10(2,3)13-8-4-5-11-6-7(8)12-9(13)14/h7-8,11H,4-6H2,1-3H3,(H,12,14). The summed E-state index contributed by atoms with van der Waals surface area (Å²) in [6.07, 6.45) is 1.06. The van der Waals surface area contributed by atoms with Crippen LogP contribution in [0.4, 0.5) is 4.79 Å². The lowest BCUT2D eigenvalue weighted by Crippen LogP contribution is -2.53. The molecule has 0 radical (unpaired) electrons. The molecule has 2 fully saturated rings. The van der Waals surface area contributed by atoms with Gasteiger partial charge in [-0.25, -0.2) is 4.79 Å². The van der Waals surface area contributed by atoms with E-state index < -0.39 is 0 Å². The average Bonchev–Trinajstić information content (AvgIpc) is 2.38. The molecule has 0 aromatic heterocycles. The van der Waals surface area contributed by atoms with Crippen LogP contribution in [0.25, 0.3) is 0 Å². The topological polar surface area (TPSA) is 44.4 Å². The summed E-state index contributed by atoms with van der Waals surface area (Å²) in [6.45, 7) is 8.21. The van der Waals surface area contributed by atoms with Gasteiger partial charge in [0.2, 0.25) is 0 Å². The van der Waals surface area contributed by atoms with Crippen molar-refractivity contribution in [1.29, 1.82) is 0 Å². The number of nitrogens with one attached hydrogen (secondary N) is 2. The van der Waals surface area contributed by atoms with Crippen LogP contribution in [0.2, 0.25) is 0 Å². The van der Waals surface area contributed by atoms with E-state index in [-0.39, 0.29) is 11.6 Å². The van der Waals surface area contributed by atoms with Crippen molar-refractivity contribution in [2.75, 3.05) is 13.1 Å². The summed E-state index contributed by atoms with van der Waals surface area (Å²) < 4.78 is 0. The number of nitrogens with zero attached hydrogens (tertiary/aromatic N) is 1. The van der Waals surface area contributed by atoms with Gasteiger partial charge in [0, 0.05) is 12.1 Å². The molecular weight excluding hydrogens is 178 g/mol. The van der Waals surface area contributed by atoms with Crippen LogP contribution in [-0.4, -0.2) is 41.6 Å². The Morgan fingerprint density at radius 1 is 1.43 bits per heavy atom. The van der Waals surface area contributed by atoms with Crippen molar-refractivity contribution in [2.24, 2.45) is 0 Å². The highest BCUT2D eigenvalue weighted by Gasteiger charge is 2.45. The first-order valence-electron chi connectivity index (χ1n) is 5.31. The van der Waals surface area contributed by atoms with E-state index in [9.17, 15) is 4.79 Å². The van der Waals surface area contributed by atoms with Crippen molar-refractivity contribution in [3.63, 3.8) is 0 Å². The zero-order valence-corrected chi connectivity index (χ0v) is 9.13. The molecular formula is C10H19N3O. The summed E-state index contributed by atoms with van der Waals surface area (Å²) in [7, 11) is 0. The minimum absolute atomic E-state index is 0.0686. The molecule has 4 nitrogen and oxygen atoms in total. The third kappa shape index (κ3) is 1.47. The number of hydrogen-bond acceptors (Lipinski definition) is 2. The molecule has 2 amide bonds. The summed E-state index contributed by atoms with van der Waals surface area (Å²) in [5.74, 6) is 0. The van der Waals surface area contributed by atoms with E-state index in [1.165, 1.54) is 0 Å². The number of carbonyl (C=O) groups is 1. The Hall–Kier alpha value is -0.770. The van der Waals surface area contributed by atoms with Crippen molar-refractivity contribution in [3.05, 3.63) is 0 Å². The van der Waals surface area contributed by atoms with Gasteiger partial charge in [0.05, 0.1) is 12.1 Å². The van der Waals surface area contributed by atoms with Crippen LogP contribution in [0.1, 0.15) is 27.2 Å². The summed E-state index contributed by atoms with van der Waals surface area (Å²) in [4.78, 5) is 13.8. The van der Waals surface area contributed by atoms with E-state index in [1.54, 1.807) is 0 Å². The van der Waals surface area contributed by atoms with Gasteiger partial charge < -0.3 is 15.5 Å². The van der Waals surface area contributed by atoms with Crippen molar-refractivity contribution in [1.82, 2.24) is 15.5 Å². The molecule has 2 aliphatic rings. The zero-order chi connectivity index (χ0) is 10.3. The molecule has 2 atom stereocenters. The van der Waals surface area contributed by atoms with E-state index in [0.29, 0.717) is 12.1 Å². The van der Waals surface area contributed by atoms with E-state index >= 15 is 0 Å². The van der Waals surface area contributed by atoms with Crippen LogP contribution in [0, 0.1) is 0 Å². The molecule has 2 aliphatic heterocycles. The van der Waals surface area contributed by atoms with Crippen molar-refractivity contribution in [2.45, 2.75) is 44.8 Å². The highest BCUT2D eigenvalue weighted by Crippen LogP contribution is 2.27. The van der Waals surface area contributed by atoms with Gasteiger partial charge in [-0.2, -0.15) is 0 Å². The summed E-state index contributed by atoms with van der Waals surface area (Å²) >= 11 is 0. The lowest BCUT2D eigenvalue weighted by Gasteiger charge is -2.38. The van der Waals surface area contributed by atoms with Crippen molar-refractivity contribution >= 4 is 6.03 Å². The molecule has 0 aromatic rings. The van der Waals surface area contributed by atoms with E-state index in [2.05, 4.69) is 31.4 Å². The van der Waals surface area contributed by atoms with Gasteiger partial charge in [-0.15, -0.1) is 0 Å². The third-order valence-electron chi connectivity index (χ3n) is 3.03. The van der Waals surface area contributed by atoms with Crippen LogP contribution in [0.15, 0.2) is 0 Å². The first kappa shape index (κ1) is 9.77. The Labute approximate surface area is 85.0 Å². The monoisotopic (exact) mass is 197 g/mol. The molecule has 2 N–H and O–H groups in total. The number of hydrogen-bond donors (Lipinski definition) is 2. The number of urea groups is 1. The number of rotatable bonds is 0. The van der Waals surface area contributed by atoms with Crippen LogP contribution >= 0.6 is 0 Å². The van der Waals surface area contributed by atoms with Crippen molar-refractivity contribution in [3.8, 4) is 0 Å². The summed E-state index contributed by atoms with van der Waals surface area (Å²) in [6, 6.07) is 0.774. The third-order valence-corrected chi connectivity index (χ3v) is 3.03. The Morgan fingerprint density at radius 2 is 2.14 bits per heavy atom. The van der Waals surface area contributed by atoms with Gasteiger partial charge >= 0.3 is 6.03 Å². The average molecular weight is 197 g/mol. The molecule has 0 aliphatic carbocycles. The van der Waals surface area contributed by atoms with Crippen LogP contribution in [0.3, 0.4) is 0 Å². The van der Waals surface area contributed by atoms with Gasteiger partial charge in [0.1, 0.15) is 0 Å². The van der Waals surface area contributed by atoms with Gasteiger partial charge in [-0.3, -0.25) is 0 Å². The molecule has 80 valence electrons. The first-order chi connectivity index (χ1) is 6.50. The van der Waals surface area contributed by atoms with Crippen LogP contribution in [0.5, 0.6) is 0 Å². The normalized spacial score (nSPS) is 32.8. The molecule has 0 saturated carbocycles. The second-order valence-corrected chi connectivity index (χ2v) is 5.16. The van der Waals surface area contributed by atoms with E-state index in [4.69, 9.17) is 0 Å². The Morgan fingerprint density at radius 3 is 2.79 bits per heavy atom. The van der Waals surface area contributed by atoms with E-state index in [1.807, 2.05) is 4.90 Å². The molecule has 0 aromatic carbocycles. The Kier molecular flexibility index (Phi) is 2.18. The second-order valence-electron chi connectivity index (χ2n) is 5.16. The van der Waals surface area contributed by atoms with E-state index in [0.717, 1.165) is 19.5 Å². The molecule has 2 saturated heterocycles. The predicted octanol–water partition coefficient (Wildman–Crippen LogP) is 0.541. The molecule has 0 bridgehead atoms. The lowest BCUT2D eigenvalue weighted by molar-refractivity contribution is 0.123. The minimum atomic E-state index is -0.0686. The number of carbonyl (C=O) groups excluding carboxylic acids is 1. The fourth-order valence-electron chi connectivity index (χ4n) is 2.48. The number of fused-ring (bicyclic) bond motifs is 1. The molecule has 2 heterocycles. The largest absolute Gasteiger partial charge is 0.332 e. The number of piperidine rings is 1. The SMILES string of the molecule is CC(C)(C)N1C(=O)NC2CNCCC21. The van der Waals surface area contributed by atoms with Gasteiger partial charge in [0.25, 0.3) is 0 Å². The van der Waals surface area contributed by atoms with Crippen molar-refractivity contribution < 1.29 is 4.79 Å². The first-order valence-corrected chi connectivity index (χ1v) is 5.31. The number of amides is 2. The maximum atomic E-state index is 11.8. The Balaban J connectivity index is 2.20. The van der Waals surface area contributed by atoms with Gasteiger partial charge in [-0.1, -0.05) is 0 Å². The van der Waals surface area contributed by atoms with Crippen LogP contribution in [-0.2, 0) is 0 Å².